The van der Waals surface area contributed by atoms with Crippen LogP contribution in [0.3, 0.4) is 0 Å². The zero-order chi connectivity index (χ0) is 29.7. The Balaban J connectivity index is 0.000000470. The average Bonchev–Trinajstić information content (AvgIpc) is 3.34. The molecule has 3 aliphatic carbocycles. The summed E-state index contributed by atoms with van der Waals surface area (Å²) >= 11 is 0. The van der Waals surface area contributed by atoms with Gasteiger partial charge in [0.25, 0.3) is 0 Å². The van der Waals surface area contributed by atoms with E-state index in [1.807, 2.05) is 0 Å². The highest BCUT2D eigenvalue weighted by atomic mass is 32.2. The monoisotopic (exact) mass is 539 g/mol. The van der Waals surface area contributed by atoms with Crippen molar-refractivity contribution in [3.05, 3.63) is 42.6 Å². The van der Waals surface area contributed by atoms with E-state index in [0.717, 1.165) is 0 Å². The van der Waals surface area contributed by atoms with E-state index in [1.54, 1.807) is 0 Å². The summed E-state index contributed by atoms with van der Waals surface area (Å²) in [5.41, 5.74) is 4.98. The maximum absolute atomic E-state index is 13.1. The summed E-state index contributed by atoms with van der Waals surface area (Å²) in [4.78, 5) is 21.1. The lowest BCUT2D eigenvalue weighted by molar-refractivity contribution is -0.192. The number of aliphatic carboxylic acids is 1. The predicted molar refractivity (Wildman–Crippen MR) is 120 cm³/mol. The highest BCUT2D eigenvalue weighted by molar-refractivity contribution is 7.89. The van der Waals surface area contributed by atoms with Crippen LogP contribution >= 0.6 is 0 Å². The fourth-order valence-electron chi connectivity index (χ4n) is 4.27. The average molecular weight is 540 g/mol. The van der Waals surface area contributed by atoms with Crippen LogP contribution in [0.15, 0.2) is 41.9 Å². The van der Waals surface area contributed by atoms with E-state index < -0.39 is 40.0 Å². The summed E-state index contributed by atoms with van der Waals surface area (Å²) in [6.45, 7) is -2.53. The van der Waals surface area contributed by atoms with Gasteiger partial charge in [0.15, 0.2) is 11.6 Å². The normalized spacial score (nSPS) is 23.6. The van der Waals surface area contributed by atoms with Crippen molar-refractivity contribution < 1.29 is 35.6 Å². The van der Waals surface area contributed by atoms with E-state index in [-0.39, 0.29) is 33.4 Å². The van der Waals surface area contributed by atoms with E-state index in [2.05, 4.69) is 30.8 Å². The number of sulfonamides is 1. The number of carbonyl (C=O) groups is 1. The van der Waals surface area contributed by atoms with E-state index in [4.69, 9.17) is 19.7 Å². The van der Waals surface area contributed by atoms with Crippen molar-refractivity contribution >= 4 is 21.8 Å². The summed E-state index contributed by atoms with van der Waals surface area (Å²) in [5, 5.41) is 20.3. The minimum atomic E-state index is -5.08. The first-order valence-corrected chi connectivity index (χ1v) is 11.8. The summed E-state index contributed by atoms with van der Waals surface area (Å²) < 4.78 is 85.6. The number of alkyl halides is 3. The minimum absolute atomic E-state index is 0.0418. The zero-order valence-corrected chi connectivity index (χ0v) is 19.4. The number of nitriles is 1. The van der Waals surface area contributed by atoms with Gasteiger partial charge in [-0.3, -0.25) is 0 Å². The first kappa shape index (κ1) is 22.1. The van der Waals surface area contributed by atoms with Crippen LogP contribution in [0, 0.1) is 23.6 Å². The van der Waals surface area contributed by atoms with E-state index in [0.29, 0.717) is 19.3 Å². The molecule has 194 valence electrons. The number of hydrogen-bond donors (Lipinski definition) is 3. The van der Waals surface area contributed by atoms with Gasteiger partial charge < -0.3 is 10.8 Å². The van der Waals surface area contributed by atoms with Gasteiger partial charge in [0.1, 0.15) is 12.7 Å². The molecule has 2 heterocycles. The molecule has 1 aromatic carbocycles. The maximum Gasteiger partial charge on any atom is 0.490 e. The Hall–Kier alpha value is -4.10. The number of carboxylic acids is 1. The van der Waals surface area contributed by atoms with Crippen LogP contribution in [0.4, 0.5) is 19.0 Å². The smallest absolute Gasteiger partial charge is 0.475 e. The third kappa shape index (κ3) is 4.95. The highest BCUT2D eigenvalue weighted by Crippen LogP contribution is 2.67. The lowest BCUT2D eigenvalue weighted by Gasteiger charge is -2.66. The standard InChI is InChI=1S/C19H18N8O2S.C2HF3O2/c1-12-2-3-13(30(28,29)26-19-6-18(7-19,8-19)9-20)4-14(12)15-5-23-16(21)17(25-15)27-11-22-10-24-27;3-2(4,5)1(6)7/h2-5,10-11,26H,6-8H2,1H3,(H2,21,23);(H,6,7)/i1D3;. The van der Waals surface area contributed by atoms with Gasteiger partial charge in [-0.1, -0.05) is 6.07 Å². The third-order valence-electron chi connectivity index (χ3n) is 5.86. The molecule has 37 heavy (non-hydrogen) atoms. The van der Waals surface area contributed by atoms with Crippen LogP contribution < -0.4 is 10.5 Å². The number of anilines is 1. The van der Waals surface area contributed by atoms with Gasteiger partial charge in [-0.05, 0) is 43.8 Å². The van der Waals surface area contributed by atoms with Gasteiger partial charge in [-0.15, -0.1) is 0 Å². The number of rotatable bonds is 5. The SMILES string of the molecule is O=C(O)C(F)(F)F.[2H]C([2H])([2H])c1ccc(S(=O)(=O)NC23CC(C#N)(C2)C3)cc1-c1cnc(N)c(-n2cncn2)n1. The number of halogens is 3. The molecule has 6 rings (SSSR count). The van der Waals surface area contributed by atoms with E-state index >= 15 is 0 Å². The minimum Gasteiger partial charge on any atom is -0.475 e. The Bertz CT molecular complexity index is 1600. The first-order valence-electron chi connectivity index (χ1n) is 11.8. The molecule has 0 atom stereocenters. The Kier molecular flexibility index (Phi) is 5.25. The molecule has 0 saturated heterocycles. The van der Waals surface area contributed by atoms with Crippen molar-refractivity contribution in [3.63, 3.8) is 0 Å². The maximum atomic E-state index is 13.1. The topological polar surface area (TPSA) is 190 Å². The molecular formula is C21H19F3N8O4S. The molecule has 0 radical (unpaired) electrons. The number of nitrogens with one attached hydrogen (secondary N) is 1. The van der Waals surface area contributed by atoms with Gasteiger partial charge in [0, 0.05) is 15.2 Å². The van der Waals surface area contributed by atoms with Crippen molar-refractivity contribution in [2.24, 2.45) is 5.41 Å². The molecular weight excluding hydrogens is 517 g/mol. The first-order chi connectivity index (χ1) is 18.4. The Labute approximate surface area is 212 Å². The Morgan fingerprint density at radius 1 is 1.35 bits per heavy atom. The number of carboxylic acid groups (broad SMARTS) is 1. The highest BCUT2D eigenvalue weighted by Gasteiger charge is 2.69. The molecule has 3 aliphatic rings. The number of hydrogen-bond acceptors (Lipinski definition) is 9. The van der Waals surface area contributed by atoms with Crippen LogP contribution in [-0.4, -0.2) is 55.9 Å². The van der Waals surface area contributed by atoms with E-state index in [1.165, 1.54) is 41.7 Å². The Morgan fingerprint density at radius 2 is 2.03 bits per heavy atom. The quantitative estimate of drug-likeness (QED) is 0.432. The molecule has 0 unspecified atom stereocenters. The molecule has 3 saturated carbocycles. The third-order valence-corrected chi connectivity index (χ3v) is 7.43. The summed E-state index contributed by atoms with van der Waals surface area (Å²) in [6, 6.07) is 6.01. The van der Waals surface area contributed by atoms with Gasteiger partial charge in [-0.2, -0.15) is 28.2 Å². The number of benzene rings is 1. The summed E-state index contributed by atoms with van der Waals surface area (Å²) in [7, 11) is -3.97. The van der Waals surface area contributed by atoms with Crippen LogP contribution in [0.5, 0.6) is 0 Å². The fourth-order valence-corrected chi connectivity index (χ4v) is 5.69. The second-order valence-electron chi connectivity index (χ2n) is 8.62. The zero-order valence-electron chi connectivity index (χ0n) is 21.6. The summed E-state index contributed by atoms with van der Waals surface area (Å²) in [5.74, 6) is -2.59. The molecule has 2 bridgehead atoms. The van der Waals surface area contributed by atoms with Gasteiger partial charge >= 0.3 is 12.1 Å². The lowest BCUT2D eigenvalue weighted by Crippen LogP contribution is -2.74. The predicted octanol–water partition coefficient (Wildman–Crippen LogP) is 1.97. The van der Waals surface area contributed by atoms with Gasteiger partial charge in [0.2, 0.25) is 10.0 Å². The number of aryl methyl sites for hydroxylation is 1. The molecule has 2 aromatic heterocycles. The van der Waals surface area contributed by atoms with Crippen LogP contribution in [0.1, 0.15) is 28.9 Å². The van der Waals surface area contributed by atoms with Crippen LogP contribution in [0.2, 0.25) is 0 Å². The van der Waals surface area contributed by atoms with Crippen molar-refractivity contribution in [1.82, 2.24) is 29.5 Å². The largest absolute Gasteiger partial charge is 0.490 e. The van der Waals surface area contributed by atoms with Crippen molar-refractivity contribution in [2.45, 2.75) is 42.7 Å². The number of aromatic nitrogens is 5. The molecule has 3 aromatic rings. The van der Waals surface area contributed by atoms with E-state index in [9.17, 15) is 26.9 Å². The number of nitrogens with two attached hydrogens (primary N) is 1. The molecule has 16 heteroatoms. The van der Waals surface area contributed by atoms with Crippen LogP contribution in [0.25, 0.3) is 17.1 Å². The van der Waals surface area contributed by atoms with Crippen molar-refractivity contribution in [1.29, 1.82) is 5.26 Å². The Morgan fingerprint density at radius 3 is 2.57 bits per heavy atom. The van der Waals surface area contributed by atoms with Crippen molar-refractivity contribution in [3.8, 4) is 23.1 Å². The number of nitrogen functional groups attached to an aromatic ring is 1. The molecule has 0 aliphatic heterocycles. The van der Waals surface area contributed by atoms with Gasteiger partial charge in [0.05, 0.1) is 28.3 Å². The summed E-state index contributed by atoms with van der Waals surface area (Å²) in [6.07, 6.45) is 0.253. The second-order valence-corrected chi connectivity index (χ2v) is 10.3. The lowest BCUT2D eigenvalue weighted by atomic mass is 9.40. The molecule has 4 N–H and O–H groups in total. The second kappa shape index (κ2) is 8.78. The van der Waals surface area contributed by atoms with Gasteiger partial charge in [-0.25, -0.2) is 32.9 Å². The molecule has 0 amide bonds. The molecule has 0 spiro atoms. The fraction of sp³-hybridized carbons (Fsp3) is 0.333. The molecule has 3 fully saturated rings. The number of nitrogens with zero attached hydrogens (tertiary/aromatic N) is 6. The van der Waals surface area contributed by atoms with Crippen molar-refractivity contribution in [2.75, 3.05) is 5.73 Å². The van der Waals surface area contributed by atoms with Crippen LogP contribution in [-0.2, 0) is 14.8 Å². The molecule has 12 nitrogen and oxygen atoms in total.